The number of anilines is 1. The molecule has 0 radical (unpaired) electrons. The summed E-state index contributed by atoms with van der Waals surface area (Å²) in [6.07, 6.45) is 0. The molecule has 1 aliphatic heterocycles. The van der Waals surface area contributed by atoms with Gasteiger partial charge in [-0.15, -0.1) is 0 Å². The number of benzene rings is 1. The number of rotatable bonds is 2. The summed E-state index contributed by atoms with van der Waals surface area (Å²) >= 11 is 12.5. The Kier molecular flexibility index (Phi) is 4.03. The first-order chi connectivity index (χ1) is 8.50. The number of hydrogen-bond acceptors (Lipinski definition) is 3. The van der Waals surface area contributed by atoms with Gasteiger partial charge in [0.15, 0.2) is 5.96 Å². The third kappa shape index (κ3) is 2.57. The molecule has 5 heteroatoms. The monoisotopic (exact) mass is 285 g/mol. The van der Waals surface area contributed by atoms with E-state index in [-0.39, 0.29) is 0 Å². The van der Waals surface area contributed by atoms with Crippen LogP contribution in [-0.4, -0.2) is 19.0 Å². The molecule has 0 spiro atoms. The standard InChI is InChI=1S/C13H17Cl2N3/c1-7(2)11-8(3)10(6-9(14)12(11)15)18-13-16-4-5-17-13/h6-7H,4-5H2,1-3H3,(H2,16,17,18). The van der Waals surface area contributed by atoms with Crippen molar-refractivity contribution in [2.75, 3.05) is 18.4 Å². The summed E-state index contributed by atoms with van der Waals surface area (Å²) in [5.41, 5.74) is 3.17. The number of aliphatic imine (C=N–C) groups is 1. The Morgan fingerprint density at radius 3 is 2.67 bits per heavy atom. The minimum Gasteiger partial charge on any atom is -0.354 e. The van der Waals surface area contributed by atoms with E-state index in [9.17, 15) is 0 Å². The lowest BCUT2D eigenvalue weighted by atomic mass is 9.96. The topological polar surface area (TPSA) is 36.4 Å². The molecular weight excluding hydrogens is 269 g/mol. The molecule has 0 atom stereocenters. The Balaban J connectivity index is 2.41. The Labute approximate surface area is 118 Å². The van der Waals surface area contributed by atoms with Crippen LogP contribution in [-0.2, 0) is 0 Å². The van der Waals surface area contributed by atoms with Gasteiger partial charge in [-0.3, -0.25) is 4.99 Å². The maximum atomic E-state index is 6.28. The fourth-order valence-corrected chi connectivity index (χ4v) is 2.79. The van der Waals surface area contributed by atoms with Crippen LogP contribution < -0.4 is 10.6 Å². The van der Waals surface area contributed by atoms with Crippen molar-refractivity contribution in [1.82, 2.24) is 5.32 Å². The van der Waals surface area contributed by atoms with E-state index in [1.165, 1.54) is 0 Å². The molecule has 3 nitrogen and oxygen atoms in total. The summed E-state index contributed by atoms with van der Waals surface area (Å²) in [5, 5.41) is 7.67. The van der Waals surface area contributed by atoms with Crippen molar-refractivity contribution < 1.29 is 0 Å². The third-order valence-electron chi connectivity index (χ3n) is 3.03. The molecule has 0 saturated carbocycles. The number of guanidine groups is 1. The van der Waals surface area contributed by atoms with E-state index in [0.29, 0.717) is 16.0 Å². The minimum atomic E-state index is 0.329. The van der Waals surface area contributed by atoms with Crippen molar-refractivity contribution in [3.63, 3.8) is 0 Å². The van der Waals surface area contributed by atoms with E-state index < -0.39 is 0 Å². The van der Waals surface area contributed by atoms with Crippen molar-refractivity contribution in [3.8, 4) is 0 Å². The van der Waals surface area contributed by atoms with E-state index in [0.717, 1.165) is 35.9 Å². The van der Waals surface area contributed by atoms with Crippen LogP contribution in [0.4, 0.5) is 5.69 Å². The molecule has 18 heavy (non-hydrogen) atoms. The Morgan fingerprint density at radius 2 is 2.11 bits per heavy atom. The van der Waals surface area contributed by atoms with E-state index in [4.69, 9.17) is 23.2 Å². The first kappa shape index (κ1) is 13.5. The highest BCUT2D eigenvalue weighted by atomic mass is 35.5. The van der Waals surface area contributed by atoms with Crippen LogP contribution in [0.2, 0.25) is 10.0 Å². The van der Waals surface area contributed by atoms with Crippen LogP contribution in [0, 0.1) is 6.92 Å². The SMILES string of the molecule is Cc1c(NC2=NCCN2)cc(Cl)c(Cl)c1C(C)C. The molecule has 0 fully saturated rings. The highest BCUT2D eigenvalue weighted by Gasteiger charge is 2.17. The lowest BCUT2D eigenvalue weighted by molar-refractivity contribution is 0.857. The average Bonchev–Trinajstić information content (AvgIpc) is 2.78. The number of halogens is 2. The first-order valence-corrected chi connectivity index (χ1v) is 6.80. The summed E-state index contributed by atoms with van der Waals surface area (Å²) < 4.78 is 0. The molecule has 0 bridgehead atoms. The second-order valence-electron chi connectivity index (χ2n) is 4.70. The number of hydrogen-bond donors (Lipinski definition) is 2. The molecule has 0 unspecified atom stereocenters. The van der Waals surface area contributed by atoms with Gasteiger partial charge in [0.1, 0.15) is 0 Å². The minimum absolute atomic E-state index is 0.329. The van der Waals surface area contributed by atoms with Crippen LogP contribution >= 0.6 is 23.2 Å². The van der Waals surface area contributed by atoms with E-state index >= 15 is 0 Å². The third-order valence-corrected chi connectivity index (χ3v) is 3.83. The molecular formula is C13H17Cl2N3. The zero-order chi connectivity index (χ0) is 13.3. The molecule has 0 aliphatic carbocycles. The molecule has 2 N–H and O–H groups in total. The number of nitrogens with zero attached hydrogens (tertiary/aromatic N) is 1. The largest absolute Gasteiger partial charge is 0.354 e. The van der Waals surface area contributed by atoms with Gasteiger partial charge in [-0.05, 0) is 30.0 Å². The van der Waals surface area contributed by atoms with Gasteiger partial charge in [0.2, 0.25) is 0 Å². The van der Waals surface area contributed by atoms with Crippen molar-refractivity contribution in [2.24, 2.45) is 4.99 Å². The summed E-state index contributed by atoms with van der Waals surface area (Å²) in [5.74, 6) is 1.13. The predicted octanol–water partition coefficient (Wildman–Crippen LogP) is 3.80. The fraction of sp³-hybridized carbons (Fsp3) is 0.462. The van der Waals surface area contributed by atoms with Crippen molar-refractivity contribution in [1.29, 1.82) is 0 Å². The van der Waals surface area contributed by atoms with E-state index in [2.05, 4.69) is 36.4 Å². The van der Waals surface area contributed by atoms with Gasteiger partial charge in [-0.25, -0.2) is 0 Å². The first-order valence-electron chi connectivity index (χ1n) is 6.04. The summed E-state index contributed by atoms with van der Waals surface area (Å²) in [4.78, 5) is 4.32. The van der Waals surface area contributed by atoms with Crippen molar-refractivity contribution in [2.45, 2.75) is 26.7 Å². The highest BCUT2D eigenvalue weighted by molar-refractivity contribution is 6.43. The Hall–Kier alpha value is -0.930. The molecule has 0 amide bonds. The van der Waals surface area contributed by atoms with Gasteiger partial charge in [0.25, 0.3) is 0 Å². The smallest absolute Gasteiger partial charge is 0.195 e. The van der Waals surface area contributed by atoms with Crippen LogP contribution in [0.3, 0.4) is 0 Å². The lowest BCUT2D eigenvalue weighted by Crippen LogP contribution is -2.26. The van der Waals surface area contributed by atoms with Crippen LogP contribution in [0.25, 0.3) is 0 Å². The highest BCUT2D eigenvalue weighted by Crippen LogP contribution is 2.37. The van der Waals surface area contributed by atoms with Crippen molar-refractivity contribution >= 4 is 34.8 Å². The molecule has 98 valence electrons. The van der Waals surface area contributed by atoms with Crippen LogP contribution in [0.15, 0.2) is 11.1 Å². The van der Waals surface area contributed by atoms with Gasteiger partial charge in [0, 0.05) is 12.2 Å². The van der Waals surface area contributed by atoms with Crippen LogP contribution in [0.5, 0.6) is 0 Å². The molecule has 1 aromatic carbocycles. The molecule has 2 rings (SSSR count). The molecule has 0 aromatic heterocycles. The maximum absolute atomic E-state index is 6.28. The van der Waals surface area contributed by atoms with Gasteiger partial charge in [-0.1, -0.05) is 37.0 Å². The Bertz CT molecular complexity index is 495. The van der Waals surface area contributed by atoms with Gasteiger partial charge < -0.3 is 10.6 Å². The molecule has 0 saturated heterocycles. The maximum Gasteiger partial charge on any atom is 0.195 e. The van der Waals surface area contributed by atoms with E-state index in [1.807, 2.05) is 6.07 Å². The second-order valence-corrected chi connectivity index (χ2v) is 5.48. The van der Waals surface area contributed by atoms with E-state index in [1.54, 1.807) is 0 Å². The van der Waals surface area contributed by atoms with Gasteiger partial charge in [0.05, 0.1) is 16.6 Å². The van der Waals surface area contributed by atoms with Gasteiger partial charge >= 0.3 is 0 Å². The zero-order valence-electron chi connectivity index (χ0n) is 10.8. The predicted molar refractivity (Wildman–Crippen MR) is 79.2 cm³/mol. The summed E-state index contributed by atoms with van der Waals surface area (Å²) in [7, 11) is 0. The lowest BCUT2D eigenvalue weighted by Gasteiger charge is -2.18. The Morgan fingerprint density at radius 1 is 1.39 bits per heavy atom. The number of nitrogens with one attached hydrogen (secondary N) is 2. The summed E-state index contributed by atoms with van der Waals surface area (Å²) in [6, 6.07) is 1.85. The fourth-order valence-electron chi connectivity index (χ4n) is 2.16. The summed E-state index contributed by atoms with van der Waals surface area (Å²) in [6.45, 7) is 7.95. The van der Waals surface area contributed by atoms with Crippen LogP contribution in [0.1, 0.15) is 30.9 Å². The molecule has 1 aliphatic rings. The zero-order valence-corrected chi connectivity index (χ0v) is 12.3. The normalized spacial score (nSPS) is 14.7. The quantitative estimate of drug-likeness (QED) is 0.867. The molecule has 1 aromatic rings. The second kappa shape index (κ2) is 5.37. The van der Waals surface area contributed by atoms with Gasteiger partial charge in [-0.2, -0.15) is 0 Å². The average molecular weight is 286 g/mol. The molecule has 1 heterocycles. The van der Waals surface area contributed by atoms with Crippen molar-refractivity contribution in [3.05, 3.63) is 27.2 Å².